The number of Topliss-reactive ketones (excluding diaryl/α,β-unsaturated/α-hetero) is 1. The third-order valence-corrected chi connectivity index (χ3v) is 7.15. The summed E-state index contributed by atoms with van der Waals surface area (Å²) in [7, 11) is 3.99. The molecule has 0 aliphatic carbocycles. The topological polar surface area (TPSA) is 74.1 Å². The van der Waals surface area contributed by atoms with Crippen molar-refractivity contribution in [2.45, 2.75) is 45.8 Å². The number of carbonyl (C=O) groups is 2. The van der Waals surface area contributed by atoms with Crippen LogP contribution in [0.1, 0.15) is 54.6 Å². The lowest BCUT2D eigenvalue weighted by Crippen LogP contribution is -3.06. The quantitative estimate of drug-likeness (QED) is 0.278. The summed E-state index contributed by atoms with van der Waals surface area (Å²) in [4.78, 5) is 29.2. The Balaban J connectivity index is 1.71. The molecule has 1 unspecified atom stereocenters. The first-order chi connectivity index (χ1) is 18.5. The highest BCUT2D eigenvalue weighted by Gasteiger charge is 2.44. The van der Waals surface area contributed by atoms with Gasteiger partial charge in [-0.2, -0.15) is 0 Å². The summed E-state index contributed by atoms with van der Waals surface area (Å²) in [6.45, 7) is 9.71. The summed E-state index contributed by atoms with van der Waals surface area (Å²) in [5.74, 6) is -1.10. The number of likely N-dealkylation sites (N-methyl/N-ethyl adjacent to an activating group) is 1. The number of aryl methyl sites for hydroxylation is 1. The molecule has 3 aromatic rings. The normalized spacial score (nSPS) is 17.2. The molecular formula is C33H38N2O4. The largest absolute Gasteiger partial charge is 0.872 e. The van der Waals surface area contributed by atoms with E-state index >= 15 is 0 Å². The molecule has 1 aliphatic heterocycles. The van der Waals surface area contributed by atoms with Crippen molar-refractivity contribution < 1.29 is 24.3 Å². The molecule has 3 aromatic carbocycles. The summed E-state index contributed by atoms with van der Waals surface area (Å²) in [6.07, 6.45) is 0. The molecule has 4 rings (SSSR count). The Hall–Kier alpha value is -3.90. The van der Waals surface area contributed by atoms with E-state index < -0.39 is 23.5 Å². The van der Waals surface area contributed by atoms with Gasteiger partial charge in [-0.05, 0) is 52.3 Å². The van der Waals surface area contributed by atoms with Crippen LogP contribution in [0.2, 0.25) is 0 Å². The average Bonchev–Trinajstić information content (AvgIpc) is 3.15. The van der Waals surface area contributed by atoms with Gasteiger partial charge in [-0.25, -0.2) is 0 Å². The second-order valence-corrected chi connectivity index (χ2v) is 11.6. The number of hydrogen-bond donors (Lipinski definition) is 1. The highest BCUT2D eigenvalue weighted by molar-refractivity contribution is 6.46. The van der Waals surface area contributed by atoms with Crippen LogP contribution < -0.4 is 14.7 Å². The van der Waals surface area contributed by atoms with Gasteiger partial charge in [0.1, 0.15) is 12.4 Å². The first-order valence-corrected chi connectivity index (χ1v) is 13.4. The Morgan fingerprint density at radius 3 is 2.23 bits per heavy atom. The molecule has 0 spiro atoms. The molecule has 6 heteroatoms. The van der Waals surface area contributed by atoms with Gasteiger partial charge in [-0.3, -0.25) is 9.59 Å². The van der Waals surface area contributed by atoms with Crippen LogP contribution in [0.15, 0.2) is 78.4 Å². The van der Waals surface area contributed by atoms with Crippen LogP contribution >= 0.6 is 0 Å². The van der Waals surface area contributed by atoms with Gasteiger partial charge in [0.2, 0.25) is 5.78 Å². The molecule has 0 radical (unpaired) electrons. The highest BCUT2D eigenvalue weighted by atomic mass is 16.5. The van der Waals surface area contributed by atoms with Crippen molar-refractivity contribution in [2.24, 2.45) is 0 Å². The van der Waals surface area contributed by atoms with Crippen LogP contribution in [0, 0.1) is 6.92 Å². The minimum atomic E-state index is -0.722. The molecule has 1 atom stereocenters. The Morgan fingerprint density at radius 2 is 1.64 bits per heavy atom. The fourth-order valence-corrected chi connectivity index (χ4v) is 4.80. The van der Waals surface area contributed by atoms with Crippen molar-refractivity contribution in [3.8, 4) is 5.75 Å². The van der Waals surface area contributed by atoms with Gasteiger partial charge in [-0.15, -0.1) is 0 Å². The minimum Gasteiger partial charge on any atom is -0.872 e. The summed E-state index contributed by atoms with van der Waals surface area (Å²) in [6, 6.07) is 22.2. The number of carbonyl (C=O) groups excluding carboxylic acids is 2. The van der Waals surface area contributed by atoms with Gasteiger partial charge in [0.05, 0.1) is 33.2 Å². The highest BCUT2D eigenvalue weighted by Crippen LogP contribution is 2.39. The predicted molar refractivity (Wildman–Crippen MR) is 151 cm³/mol. The molecule has 1 amide bonds. The second-order valence-electron chi connectivity index (χ2n) is 11.6. The van der Waals surface area contributed by atoms with Crippen molar-refractivity contribution >= 4 is 17.4 Å². The zero-order valence-corrected chi connectivity index (χ0v) is 23.7. The molecule has 1 heterocycles. The van der Waals surface area contributed by atoms with Gasteiger partial charge in [0.25, 0.3) is 5.91 Å². The van der Waals surface area contributed by atoms with E-state index in [1.165, 1.54) is 0 Å². The van der Waals surface area contributed by atoms with Crippen molar-refractivity contribution in [3.05, 3.63) is 106 Å². The van der Waals surface area contributed by atoms with E-state index in [9.17, 15) is 14.7 Å². The van der Waals surface area contributed by atoms with E-state index in [1.54, 1.807) is 23.1 Å². The number of likely N-dealkylation sites (tertiary alicyclic amines) is 1. The summed E-state index contributed by atoms with van der Waals surface area (Å²) in [5.41, 5.74) is 4.06. The maximum Gasteiger partial charge on any atom is 0.295 e. The van der Waals surface area contributed by atoms with Crippen LogP contribution in [0.5, 0.6) is 5.75 Å². The minimum absolute atomic E-state index is 0.00891. The van der Waals surface area contributed by atoms with E-state index in [1.807, 2.05) is 75.6 Å². The van der Waals surface area contributed by atoms with Crippen LogP contribution in [0.25, 0.3) is 5.76 Å². The number of amides is 1. The lowest BCUT2D eigenvalue weighted by Gasteiger charge is -2.28. The predicted octanol–water partition coefficient (Wildman–Crippen LogP) is 3.24. The fourth-order valence-electron chi connectivity index (χ4n) is 4.80. The molecular weight excluding hydrogens is 488 g/mol. The molecule has 0 aromatic heterocycles. The monoisotopic (exact) mass is 526 g/mol. The number of hydrogen-bond acceptors (Lipinski definition) is 4. The lowest BCUT2D eigenvalue weighted by atomic mass is 9.85. The summed E-state index contributed by atoms with van der Waals surface area (Å²) < 4.78 is 5.97. The second kappa shape index (κ2) is 11.5. The number of ketones is 1. The maximum absolute atomic E-state index is 13.9. The van der Waals surface area contributed by atoms with Crippen molar-refractivity contribution in [1.82, 2.24) is 4.90 Å². The van der Waals surface area contributed by atoms with Crippen LogP contribution in [0.3, 0.4) is 0 Å². The first kappa shape index (κ1) is 28.1. The smallest absolute Gasteiger partial charge is 0.295 e. The standard InChI is InChI=1S/C33H38N2O4/c1-22-20-25(14-17-27(22)39-21-23-10-8-7-9-11-23)30(36)28-29(24-12-15-26(16-13-24)33(2,3)4)35(19-18-34(5)6)32(38)31(28)37/h7-17,20,29,36H,18-19,21H2,1-6H3/b30-28+. The average molecular weight is 527 g/mol. The molecule has 204 valence electrons. The van der Waals surface area contributed by atoms with Crippen molar-refractivity contribution in [3.63, 3.8) is 0 Å². The van der Waals surface area contributed by atoms with Gasteiger partial charge < -0.3 is 19.6 Å². The molecule has 1 aliphatic rings. The zero-order chi connectivity index (χ0) is 28.3. The number of nitrogens with one attached hydrogen (secondary N) is 1. The van der Waals surface area contributed by atoms with Crippen molar-refractivity contribution in [2.75, 3.05) is 27.2 Å². The van der Waals surface area contributed by atoms with Crippen LogP contribution in [0.4, 0.5) is 0 Å². The first-order valence-electron chi connectivity index (χ1n) is 13.4. The van der Waals surface area contributed by atoms with E-state index in [0.29, 0.717) is 31.0 Å². The Kier molecular flexibility index (Phi) is 8.26. The number of nitrogens with zero attached hydrogens (tertiary/aromatic N) is 1. The van der Waals surface area contributed by atoms with Gasteiger partial charge in [-0.1, -0.05) is 87.2 Å². The molecule has 0 bridgehead atoms. The molecule has 1 saturated heterocycles. The number of benzene rings is 3. The fraction of sp³-hybridized carbons (Fsp3) is 0.333. The van der Waals surface area contributed by atoms with Crippen molar-refractivity contribution in [1.29, 1.82) is 0 Å². The molecule has 6 nitrogen and oxygen atoms in total. The number of quaternary nitrogens is 1. The third-order valence-electron chi connectivity index (χ3n) is 7.15. The number of ether oxygens (including phenoxy) is 1. The van der Waals surface area contributed by atoms with Crippen LogP contribution in [-0.4, -0.2) is 43.8 Å². The summed E-state index contributed by atoms with van der Waals surface area (Å²) >= 11 is 0. The van der Waals surface area contributed by atoms with Gasteiger partial charge >= 0.3 is 0 Å². The Bertz CT molecular complexity index is 1370. The Labute approximate surface area is 231 Å². The van der Waals surface area contributed by atoms with E-state index in [0.717, 1.165) is 27.2 Å². The molecule has 1 N–H and O–H groups in total. The molecule has 0 saturated carbocycles. The van der Waals surface area contributed by atoms with Crippen LogP contribution in [-0.2, 0) is 21.6 Å². The maximum atomic E-state index is 13.9. The molecule has 1 fully saturated rings. The lowest BCUT2D eigenvalue weighted by molar-refractivity contribution is -0.857. The SMILES string of the molecule is Cc1cc(/C([O-])=C2\C(=O)C(=O)N(CC[NH+](C)C)C2c2ccc(C(C)(C)C)cc2)ccc1OCc1ccccc1. The van der Waals surface area contributed by atoms with E-state index in [-0.39, 0.29) is 11.0 Å². The third kappa shape index (κ3) is 6.23. The van der Waals surface area contributed by atoms with Gasteiger partial charge in [0, 0.05) is 5.57 Å². The van der Waals surface area contributed by atoms with Gasteiger partial charge in [0.15, 0.2) is 0 Å². The zero-order valence-electron chi connectivity index (χ0n) is 23.7. The molecule has 39 heavy (non-hydrogen) atoms. The van der Waals surface area contributed by atoms with E-state index in [4.69, 9.17) is 4.74 Å². The summed E-state index contributed by atoms with van der Waals surface area (Å²) in [5, 5.41) is 13.9. The number of rotatable bonds is 8. The Morgan fingerprint density at radius 1 is 0.974 bits per heavy atom. The van der Waals surface area contributed by atoms with E-state index in [2.05, 4.69) is 20.8 Å².